The summed E-state index contributed by atoms with van der Waals surface area (Å²) in [6.45, 7) is 0.108. The average molecular weight is 304 g/mol. The lowest BCUT2D eigenvalue weighted by Crippen LogP contribution is -2.28. The van der Waals surface area contributed by atoms with Crippen molar-refractivity contribution in [1.82, 2.24) is 0 Å². The highest BCUT2D eigenvalue weighted by Gasteiger charge is 2.11. The molecule has 0 amide bonds. The van der Waals surface area contributed by atoms with E-state index in [0.717, 1.165) is 11.5 Å². The molecule has 0 bridgehead atoms. The molecule has 22 heavy (non-hydrogen) atoms. The lowest BCUT2D eigenvalue weighted by molar-refractivity contribution is 0.0717. The van der Waals surface area contributed by atoms with Gasteiger partial charge in [0, 0.05) is 0 Å². The third-order valence-electron chi connectivity index (χ3n) is 3.06. The number of rotatable bonds is 8. The highest BCUT2D eigenvalue weighted by molar-refractivity contribution is 5.32. The molecule has 1 atom stereocenters. The number of aliphatic hydroxyl groups excluding tert-OH is 1. The predicted molar refractivity (Wildman–Crippen MR) is 83.0 cm³/mol. The van der Waals surface area contributed by atoms with Gasteiger partial charge < -0.3 is 24.1 Å². The molecule has 0 heterocycles. The Morgan fingerprint density at radius 1 is 0.773 bits per heavy atom. The van der Waals surface area contributed by atoms with Crippen LogP contribution in [0.5, 0.6) is 23.0 Å². The smallest absolute Gasteiger partial charge is 0.155 e. The van der Waals surface area contributed by atoms with Gasteiger partial charge in [-0.1, -0.05) is 0 Å². The summed E-state index contributed by atoms with van der Waals surface area (Å²) in [5, 5.41) is 9.40. The van der Waals surface area contributed by atoms with E-state index in [4.69, 9.17) is 18.9 Å². The number of benzene rings is 2. The molecule has 0 aliphatic rings. The van der Waals surface area contributed by atoms with E-state index >= 15 is 0 Å². The van der Waals surface area contributed by atoms with E-state index in [1.807, 2.05) is 12.1 Å². The Bertz CT molecular complexity index is 550. The minimum Gasteiger partial charge on any atom is -0.497 e. The Kier molecular flexibility index (Phi) is 5.91. The van der Waals surface area contributed by atoms with E-state index in [2.05, 4.69) is 0 Å². The van der Waals surface area contributed by atoms with Crippen molar-refractivity contribution in [3.05, 3.63) is 48.5 Å². The summed E-state index contributed by atoms with van der Waals surface area (Å²) in [5.74, 6) is 2.86. The predicted octanol–water partition coefficient (Wildman–Crippen LogP) is 2.52. The van der Waals surface area contributed by atoms with Crippen LogP contribution in [0.3, 0.4) is 0 Å². The van der Waals surface area contributed by atoms with Crippen LogP contribution in [-0.4, -0.2) is 38.6 Å². The molecule has 0 spiro atoms. The summed E-state index contributed by atoms with van der Waals surface area (Å²) in [7, 11) is 3.22. The lowest BCUT2D eigenvalue weighted by Gasteiger charge is -2.18. The Labute approximate surface area is 130 Å². The van der Waals surface area contributed by atoms with Crippen LogP contribution in [0, 0.1) is 0 Å². The Hall–Kier alpha value is -2.40. The molecule has 5 heteroatoms. The van der Waals surface area contributed by atoms with Crippen molar-refractivity contribution < 1.29 is 24.1 Å². The monoisotopic (exact) mass is 304 g/mol. The van der Waals surface area contributed by atoms with Crippen LogP contribution in [0.2, 0.25) is 0 Å². The van der Waals surface area contributed by atoms with Crippen molar-refractivity contribution in [1.29, 1.82) is 0 Å². The number of hydrogen-bond donors (Lipinski definition) is 1. The SMILES string of the molecule is COc1ccc(OC[C@@H](CO)Oc2ccc(OC)cc2)cc1. The van der Waals surface area contributed by atoms with Crippen LogP contribution in [0.4, 0.5) is 0 Å². The normalized spacial score (nSPS) is 11.6. The van der Waals surface area contributed by atoms with Gasteiger partial charge in [-0.05, 0) is 48.5 Å². The molecule has 0 fully saturated rings. The fraction of sp³-hybridized carbons (Fsp3) is 0.294. The van der Waals surface area contributed by atoms with E-state index in [9.17, 15) is 5.11 Å². The topological polar surface area (TPSA) is 57.2 Å². The van der Waals surface area contributed by atoms with Crippen molar-refractivity contribution >= 4 is 0 Å². The van der Waals surface area contributed by atoms with Crippen molar-refractivity contribution in [2.45, 2.75) is 6.10 Å². The zero-order valence-electron chi connectivity index (χ0n) is 12.7. The van der Waals surface area contributed by atoms with Crippen molar-refractivity contribution in [3.8, 4) is 23.0 Å². The molecule has 0 saturated heterocycles. The maximum atomic E-state index is 9.40. The van der Waals surface area contributed by atoms with Gasteiger partial charge in [0.2, 0.25) is 0 Å². The standard InChI is InChI=1S/C17H20O5/c1-19-13-3-7-15(8-4-13)21-12-17(11-18)22-16-9-5-14(20-2)6-10-16/h3-10,17-18H,11-12H2,1-2H3/t17-/m1/s1. The second-order valence-corrected chi connectivity index (χ2v) is 4.58. The summed E-state index contributed by atoms with van der Waals surface area (Å²) < 4.78 is 21.5. The van der Waals surface area contributed by atoms with Gasteiger partial charge in [0.1, 0.15) is 29.6 Å². The van der Waals surface area contributed by atoms with Gasteiger partial charge in [0.15, 0.2) is 6.10 Å². The van der Waals surface area contributed by atoms with Gasteiger partial charge in [-0.25, -0.2) is 0 Å². The largest absolute Gasteiger partial charge is 0.497 e. The van der Waals surface area contributed by atoms with Crippen molar-refractivity contribution in [3.63, 3.8) is 0 Å². The molecule has 0 aliphatic carbocycles. The Balaban J connectivity index is 1.87. The quantitative estimate of drug-likeness (QED) is 0.812. The second kappa shape index (κ2) is 8.14. The number of aliphatic hydroxyl groups is 1. The minimum atomic E-state index is -0.449. The molecular weight excluding hydrogens is 284 g/mol. The summed E-state index contributed by atoms with van der Waals surface area (Å²) in [5.41, 5.74) is 0. The fourth-order valence-corrected chi connectivity index (χ4v) is 1.83. The third kappa shape index (κ3) is 4.56. The minimum absolute atomic E-state index is 0.137. The molecule has 0 saturated carbocycles. The summed E-state index contributed by atoms with van der Waals surface area (Å²) in [4.78, 5) is 0. The van der Waals surface area contributed by atoms with Gasteiger partial charge in [0.05, 0.1) is 20.8 Å². The zero-order valence-corrected chi connectivity index (χ0v) is 12.7. The van der Waals surface area contributed by atoms with E-state index in [1.54, 1.807) is 50.6 Å². The van der Waals surface area contributed by atoms with Crippen LogP contribution in [0.25, 0.3) is 0 Å². The van der Waals surface area contributed by atoms with E-state index in [0.29, 0.717) is 11.5 Å². The van der Waals surface area contributed by atoms with Crippen molar-refractivity contribution in [2.75, 3.05) is 27.4 Å². The number of methoxy groups -OCH3 is 2. The molecule has 2 aromatic carbocycles. The van der Waals surface area contributed by atoms with Crippen molar-refractivity contribution in [2.24, 2.45) is 0 Å². The molecule has 118 valence electrons. The highest BCUT2D eigenvalue weighted by atomic mass is 16.5. The van der Waals surface area contributed by atoms with Crippen LogP contribution >= 0.6 is 0 Å². The fourth-order valence-electron chi connectivity index (χ4n) is 1.83. The van der Waals surface area contributed by atoms with E-state index in [-0.39, 0.29) is 13.2 Å². The molecule has 2 aromatic rings. The highest BCUT2D eigenvalue weighted by Crippen LogP contribution is 2.20. The Morgan fingerprint density at radius 2 is 1.23 bits per heavy atom. The summed E-state index contributed by atoms with van der Waals surface area (Å²) >= 11 is 0. The maximum absolute atomic E-state index is 9.40. The summed E-state index contributed by atoms with van der Waals surface area (Å²) in [6.07, 6.45) is -0.449. The van der Waals surface area contributed by atoms with Gasteiger partial charge in [0.25, 0.3) is 0 Å². The molecule has 0 aliphatic heterocycles. The lowest BCUT2D eigenvalue weighted by atomic mass is 10.3. The maximum Gasteiger partial charge on any atom is 0.155 e. The molecule has 0 aromatic heterocycles. The number of ether oxygens (including phenoxy) is 4. The second-order valence-electron chi connectivity index (χ2n) is 4.58. The molecule has 0 radical (unpaired) electrons. The Morgan fingerprint density at radius 3 is 1.68 bits per heavy atom. The first-order chi connectivity index (χ1) is 10.7. The van der Waals surface area contributed by atoms with Crippen LogP contribution in [0.1, 0.15) is 0 Å². The van der Waals surface area contributed by atoms with Gasteiger partial charge in [-0.15, -0.1) is 0 Å². The molecule has 1 N–H and O–H groups in total. The van der Waals surface area contributed by atoms with Gasteiger partial charge in [-0.3, -0.25) is 0 Å². The van der Waals surface area contributed by atoms with Crippen LogP contribution in [0.15, 0.2) is 48.5 Å². The first-order valence-corrected chi connectivity index (χ1v) is 6.93. The molecule has 0 unspecified atom stereocenters. The number of hydrogen-bond acceptors (Lipinski definition) is 5. The van der Waals surface area contributed by atoms with E-state index < -0.39 is 6.10 Å². The van der Waals surface area contributed by atoms with Crippen LogP contribution < -0.4 is 18.9 Å². The molecular formula is C17H20O5. The van der Waals surface area contributed by atoms with Crippen LogP contribution in [-0.2, 0) is 0 Å². The van der Waals surface area contributed by atoms with Gasteiger partial charge >= 0.3 is 0 Å². The average Bonchev–Trinajstić information content (AvgIpc) is 2.59. The summed E-state index contributed by atoms with van der Waals surface area (Å²) in [6, 6.07) is 14.4. The van der Waals surface area contributed by atoms with E-state index in [1.165, 1.54) is 0 Å². The molecule has 5 nitrogen and oxygen atoms in total. The first kappa shape index (κ1) is 16.0. The van der Waals surface area contributed by atoms with Gasteiger partial charge in [-0.2, -0.15) is 0 Å². The molecule has 2 rings (SSSR count). The first-order valence-electron chi connectivity index (χ1n) is 6.93. The third-order valence-corrected chi connectivity index (χ3v) is 3.06. The zero-order chi connectivity index (χ0) is 15.8.